The summed E-state index contributed by atoms with van der Waals surface area (Å²) in [7, 11) is 3.31. The Kier molecular flexibility index (Phi) is 8.32. The lowest BCUT2D eigenvalue weighted by Crippen LogP contribution is -2.33. The number of carbonyl (C=O) groups is 2. The fraction of sp³-hybridized carbons (Fsp3) is 0.312. The van der Waals surface area contributed by atoms with Crippen LogP contribution in [0, 0.1) is 18.7 Å². The molecule has 1 aliphatic rings. The topological polar surface area (TPSA) is 119 Å². The summed E-state index contributed by atoms with van der Waals surface area (Å²) in [5.74, 6) is -1.18. The van der Waals surface area contributed by atoms with Crippen LogP contribution < -0.4 is 15.6 Å². The van der Waals surface area contributed by atoms with Crippen LogP contribution in [0.1, 0.15) is 52.9 Å². The number of amides is 2. The summed E-state index contributed by atoms with van der Waals surface area (Å²) >= 11 is 1.20. The van der Waals surface area contributed by atoms with Crippen LogP contribution in [0.2, 0.25) is 0 Å². The number of nitrogens with zero attached hydrogens (tertiary/aromatic N) is 4. The second-order valence-electron chi connectivity index (χ2n) is 11.7. The van der Waals surface area contributed by atoms with Crippen molar-refractivity contribution in [2.45, 2.75) is 46.3 Å². The van der Waals surface area contributed by atoms with Crippen molar-refractivity contribution in [3.63, 3.8) is 0 Å². The van der Waals surface area contributed by atoms with Crippen LogP contribution in [-0.4, -0.2) is 55.9 Å². The smallest absolute Gasteiger partial charge is 0.284 e. The van der Waals surface area contributed by atoms with Crippen molar-refractivity contribution in [1.29, 1.82) is 0 Å². The minimum absolute atomic E-state index is 0.0781. The third-order valence-electron chi connectivity index (χ3n) is 7.09. The Labute approximate surface area is 257 Å². The van der Waals surface area contributed by atoms with Gasteiger partial charge in [0.15, 0.2) is 11.6 Å². The van der Waals surface area contributed by atoms with Crippen molar-refractivity contribution < 1.29 is 23.8 Å². The highest BCUT2D eigenvalue weighted by Crippen LogP contribution is 2.36. The van der Waals surface area contributed by atoms with Gasteiger partial charge in [-0.2, -0.15) is 0 Å². The first-order chi connectivity index (χ1) is 20.7. The van der Waals surface area contributed by atoms with Crippen molar-refractivity contribution in [1.82, 2.24) is 19.2 Å². The van der Waals surface area contributed by atoms with E-state index in [1.165, 1.54) is 39.2 Å². The molecule has 0 radical (unpaired) electrons. The molecular weight excluding hydrogens is 585 g/mol. The normalized spacial score (nSPS) is 14.9. The number of thiophene rings is 1. The number of aromatic nitrogens is 3. The highest BCUT2D eigenvalue weighted by atomic mass is 32.1. The predicted molar refractivity (Wildman–Crippen MR) is 169 cm³/mol. The lowest BCUT2D eigenvalue weighted by atomic mass is 10.0. The van der Waals surface area contributed by atoms with E-state index in [1.54, 1.807) is 51.7 Å². The van der Waals surface area contributed by atoms with Gasteiger partial charge in [-0.3, -0.25) is 24.0 Å². The molecule has 1 unspecified atom stereocenters. The highest BCUT2D eigenvalue weighted by molar-refractivity contribution is 7.21. The summed E-state index contributed by atoms with van der Waals surface area (Å²) in [4.78, 5) is 45.7. The molecule has 2 N–H and O–H groups in total. The SMILES string of the molecule is Cc1c(C(=O)Nc2ccc(Oc3ccnc4cc(C(=O)N(C)C)sc34)c(F)c2)c(=O)n(C2=CC=CC(C)C2)n1CC(C)(C)O. The van der Waals surface area contributed by atoms with Gasteiger partial charge in [-0.25, -0.2) is 9.07 Å². The first-order valence-corrected chi connectivity index (χ1v) is 14.9. The zero-order chi connectivity index (χ0) is 31.9. The van der Waals surface area contributed by atoms with E-state index in [0.29, 0.717) is 38.7 Å². The summed E-state index contributed by atoms with van der Waals surface area (Å²) in [6, 6.07) is 7.21. The molecule has 230 valence electrons. The molecule has 12 heteroatoms. The Morgan fingerprint density at radius 2 is 1.98 bits per heavy atom. The van der Waals surface area contributed by atoms with E-state index in [0.717, 1.165) is 6.07 Å². The number of anilines is 1. The minimum atomic E-state index is -1.16. The molecule has 0 spiro atoms. The molecule has 3 aromatic heterocycles. The second kappa shape index (κ2) is 11.9. The predicted octanol–water partition coefficient (Wildman–Crippen LogP) is 5.66. The van der Waals surface area contributed by atoms with Crippen LogP contribution in [0.15, 0.2) is 59.6 Å². The average Bonchev–Trinajstić information content (AvgIpc) is 3.48. The molecule has 0 saturated carbocycles. The van der Waals surface area contributed by atoms with Gasteiger partial charge < -0.3 is 20.1 Å². The number of allylic oxidation sites excluding steroid dienone is 4. The number of carbonyl (C=O) groups excluding carboxylic acids is 2. The Balaban J connectivity index is 1.42. The lowest BCUT2D eigenvalue weighted by molar-refractivity contribution is 0.0547. The van der Waals surface area contributed by atoms with E-state index in [-0.39, 0.29) is 35.4 Å². The van der Waals surface area contributed by atoms with Crippen molar-refractivity contribution in [3.05, 3.63) is 87.1 Å². The number of pyridine rings is 1. The number of nitrogens with one attached hydrogen (secondary N) is 1. The van der Waals surface area contributed by atoms with Crippen molar-refractivity contribution in [2.75, 3.05) is 19.4 Å². The Bertz CT molecular complexity index is 1890. The number of hydrogen-bond donors (Lipinski definition) is 2. The van der Waals surface area contributed by atoms with E-state index in [9.17, 15) is 19.5 Å². The molecule has 0 fully saturated rings. The molecule has 4 aromatic rings. The molecule has 10 nitrogen and oxygen atoms in total. The van der Waals surface area contributed by atoms with E-state index in [4.69, 9.17) is 4.74 Å². The Hall–Kier alpha value is -4.55. The van der Waals surface area contributed by atoms with Crippen molar-refractivity contribution >= 4 is 44.8 Å². The molecular formula is C32H34FN5O5S. The third-order valence-corrected chi connectivity index (χ3v) is 8.22. The molecule has 1 atom stereocenters. The highest BCUT2D eigenvalue weighted by Gasteiger charge is 2.28. The maximum absolute atomic E-state index is 15.3. The molecule has 2 amide bonds. The van der Waals surface area contributed by atoms with Gasteiger partial charge in [0.2, 0.25) is 0 Å². The molecule has 0 saturated heterocycles. The molecule has 1 aliphatic carbocycles. The van der Waals surface area contributed by atoms with Crippen LogP contribution in [-0.2, 0) is 6.54 Å². The number of halogens is 1. The van der Waals surface area contributed by atoms with Gasteiger partial charge in [0, 0.05) is 43.8 Å². The fourth-order valence-electron chi connectivity index (χ4n) is 5.03. The van der Waals surface area contributed by atoms with Gasteiger partial charge in [0.05, 0.1) is 32.9 Å². The maximum atomic E-state index is 15.3. The largest absolute Gasteiger partial charge is 0.453 e. The van der Waals surface area contributed by atoms with Crippen molar-refractivity contribution in [3.8, 4) is 11.5 Å². The molecule has 5 rings (SSSR count). The van der Waals surface area contributed by atoms with E-state index >= 15 is 4.39 Å². The van der Waals surface area contributed by atoms with Crippen LogP contribution >= 0.6 is 11.3 Å². The zero-order valence-electron chi connectivity index (χ0n) is 25.3. The summed E-state index contributed by atoms with van der Waals surface area (Å²) in [6.45, 7) is 7.01. The maximum Gasteiger partial charge on any atom is 0.284 e. The molecule has 3 heterocycles. The zero-order valence-corrected chi connectivity index (χ0v) is 26.2. The third kappa shape index (κ3) is 6.22. The molecule has 0 bridgehead atoms. The van der Waals surface area contributed by atoms with Gasteiger partial charge in [-0.15, -0.1) is 11.3 Å². The standard InChI is InChI=1S/C32H34FN5O5S/c1-18-8-7-9-21(14-18)38-31(41)27(19(2)37(38)17-32(3,4)42)29(39)35-20-10-11-24(22(33)15-20)43-25-12-13-34-23-16-26(44-28(23)25)30(40)36(5)6/h7-13,15-16,18,42H,14,17H2,1-6H3,(H,35,39). The summed E-state index contributed by atoms with van der Waals surface area (Å²) in [6.07, 6.45) is 7.82. The first kappa shape index (κ1) is 30.9. The summed E-state index contributed by atoms with van der Waals surface area (Å²) in [5, 5.41) is 13.2. The van der Waals surface area contributed by atoms with Crippen LogP contribution in [0.5, 0.6) is 11.5 Å². The van der Waals surface area contributed by atoms with Gasteiger partial charge >= 0.3 is 0 Å². The summed E-state index contributed by atoms with van der Waals surface area (Å²) in [5.41, 5.74) is -0.0195. The fourth-order valence-corrected chi connectivity index (χ4v) is 6.11. The number of hydrogen-bond acceptors (Lipinski definition) is 7. The van der Waals surface area contributed by atoms with Gasteiger partial charge in [-0.05, 0) is 57.4 Å². The molecule has 44 heavy (non-hydrogen) atoms. The van der Waals surface area contributed by atoms with Gasteiger partial charge in [0.1, 0.15) is 11.3 Å². The number of ether oxygens (including phenoxy) is 1. The Morgan fingerprint density at radius 3 is 2.64 bits per heavy atom. The van der Waals surface area contributed by atoms with Crippen LogP contribution in [0.3, 0.4) is 0 Å². The van der Waals surface area contributed by atoms with E-state index in [1.807, 2.05) is 25.2 Å². The minimum Gasteiger partial charge on any atom is -0.453 e. The molecule has 1 aromatic carbocycles. The number of aliphatic hydroxyl groups is 1. The lowest BCUT2D eigenvalue weighted by Gasteiger charge is -2.24. The van der Waals surface area contributed by atoms with Crippen LogP contribution in [0.25, 0.3) is 15.9 Å². The van der Waals surface area contributed by atoms with E-state index < -0.39 is 22.9 Å². The van der Waals surface area contributed by atoms with Gasteiger partial charge in [0.25, 0.3) is 17.4 Å². The monoisotopic (exact) mass is 619 g/mol. The number of benzene rings is 1. The Morgan fingerprint density at radius 1 is 1.23 bits per heavy atom. The molecule has 0 aliphatic heterocycles. The average molecular weight is 620 g/mol. The summed E-state index contributed by atoms with van der Waals surface area (Å²) < 4.78 is 24.8. The second-order valence-corrected chi connectivity index (χ2v) is 12.8. The quantitative estimate of drug-likeness (QED) is 0.263. The first-order valence-electron chi connectivity index (χ1n) is 14.0. The number of rotatable bonds is 8. The van der Waals surface area contributed by atoms with Gasteiger partial charge in [-0.1, -0.05) is 19.1 Å². The van der Waals surface area contributed by atoms with Crippen molar-refractivity contribution in [2.24, 2.45) is 5.92 Å². The van der Waals surface area contributed by atoms with Crippen LogP contribution in [0.4, 0.5) is 10.1 Å². The van der Waals surface area contributed by atoms with E-state index in [2.05, 4.69) is 10.3 Å². The number of fused-ring (bicyclic) bond motifs is 1.